The van der Waals surface area contributed by atoms with Gasteiger partial charge < -0.3 is 10.0 Å². The summed E-state index contributed by atoms with van der Waals surface area (Å²) in [6.07, 6.45) is 0.497. The lowest BCUT2D eigenvalue weighted by molar-refractivity contribution is -0.147. The Morgan fingerprint density at radius 2 is 2.05 bits per heavy atom. The Balaban J connectivity index is 1.78. The zero-order valence-electron chi connectivity index (χ0n) is 11.8. The Kier molecular flexibility index (Phi) is 4.88. The molecule has 0 aromatic heterocycles. The zero-order valence-corrected chi connectivity index (χ0v) is 12.7. The summed E-state index contributed by atoms with van der Waals surface area (Å²) in [7, 11) is 0. The summed E-state index contributed by atoms with van der Waals surface area (Å²) in [5.74, 6) is -0.211. The fraction of sp³-hybridized carbons (Fsp3) is 0.467. The van der Waals surface area contributed by atoms with Gasteiger partial charge in [0.25, 0.3) is 0 Å². The van der Waals surface area contributed by atoms with E-state index in [0.717, 1.165) is 5.56 Å². The smallest absolute Gasteiger partial charge is 0.311 e. The van der Waals surface area contributed by atoms with Crippen LogP contribution in [0.15, 0.2) is 24.3 Å². The first-order valence-corrected chi connectivity index (χ1v) is 7.89. The Morgan fingerprint density at radius 3 is 2.62 bits per heavy atom. The predicted octanol–water partition coefficient (Wildman–Crippen LogP) is 2.38. The molecule has 0 spiro atoms. The molecule has 6 heteroatoms. The summed E-state index contributed by atoms with van der Waals surface area (Å²) in [5, 5.41) is 9.15. The fourth-order valence-electron chi connectivity index (χ4n) is 2.28. The van der Waals surface area contributed by atoms with E-state index in [1.165, 1.54) is 23.9 Å². The lowest BCUT2D eigenvalue weighted by Gasteiger charge is -2.20. The fourth-order valence-corrected chi connectivity index (χ4v) is 3.16. The summed E-state index contributed by atoms with van der Waals surface area (Å²) in [6, 6.07) is 6.20. The number of hydrogen-bond acceptors (Lipinski definition) is 3. The zero-order chi connectivity index (χ0) is 15.5. The van der Waals surface area contributed by atoms with Crippen molar-refractivity contribution >= 4 is 23.6 Å². The van der Waals surface area contributed by atoms with Gasteiger partial charge in [-0.3, -0.25) is 9.59 Å². The van der Waals surface area contributed by atoms with Gasteiger partial charge in [0.05, 0.1) is 11.2 Å². The van der Waals surface area contributed by atoms with E-state index < -0.39 is 11.4 Å². The molecule has 114 valence electrons. The van der Waals surface area contributed by atoms with E-state index in [0.29, 0.717) is 24.5 Å². The van der Waals surface area contributed by atoms with Gasteiger partial charge in [-0.1, -0.05) is 12.1 Å². The van der Waals surface area contributed by atoms with Crippen molar-refractivity contribution in [1.29, 1.82) is 0 Å². The standard InChI is InChI=1S/C15H18FNO3S/c1-15(14(19)20)6-7-17(10-15)13(18)9-21-8-11-2-4-12(16)5-3-11/h2-5H,6-10H2,1H3,(H,19,20). The van der Waals surface area contributed by atoms with Crippen LogP contribution in [-0.2, 0) is 15.3 Å². The summed E-state index contributed by atoms with van der Waals surface area (Å²) in [5.41, 5.74) is 0.142. The van der Waals surface area contributed by atoms with Crippen molar-refractivity contribution in [3.63, 3.8) is 0 Å². The molecule has 1 N–H and O–H groups in total. The van der Waals surface area contributed by atoms with Crippen LogP contribution in [0.1, 0.15) is 18.9 Å². The summed E-state index contributed by atoms with van der Waals surface area (Å²) in [6.45, 7) is 2.45. The molecule has 1 aromatic carbocycles. The van der Waals surface area contributed by atoms with Crippen molar-refractivity contribution in [3.05, 3.63) is 35.6 Å². The number of rotatable bonds is 5. The largest absolute Gasteiger partial charge is 0.481 e. The number of carbonyl (C=O) groups excluding carboxylic acids is 1. The molecule has 1 amide bonds. The molecule has 21 heavy (non-hydrogen) atoms. The molecule has 1 aliphatic rings. The van der Waals surface area contributed by atoms with E-state index in [9.17, 15) is 14.0 Å². The number of likely N-dealkylation sites (tertiary alicyclic amines) is 1. The van der Waals surface area contributed by atoms with E-state index in [2.05, 4.69) is 0 Å². The van der Waals surface area contributed by atoms with Crippen molar-refractivity contribution in [2.75, 3.05) is 18.8 Å². The molecule has 1 heterocycles. The monoisotopic (exact) mass is 311 g/mol. The van der Waals surface area contributed by atoms with Gasteiger partial charge in [0.2, 0.25) is 5.91 Å². The number of carbonyl (C=O) groups is 2. The van der Waals surface area contributed by atoms with Crippen LogP contribution in [0.25, 0.3) is 0 Å². The molecule has 4 nitrogen and oxygen atoms in total. The average molecular weight is 311 g/mol. The molecule has 1 saturated heterocycles. The maximum absolute atomic E-state index is 12.8. The van der Waals surface area contributed by atoms with Gasteiger partial charge in [0, 0.05) is 18.8 Å². The molecular formula is C15H18FNO3S. The first-order valence-electron chi connectivity index (χ1n) is 6.74. The maximum atomic E-state index is 12.8. The molecule has 1 atom stereocenters. The number of carboxylic acid groups (broad SMARTS) is 1. The minimum atomic E-state index is -0.850. The predicted molar refractivity (Wildman–Crippen MR) is 79.5 cm³/mol. The molecule has 1 unspecified atom stereocenters. The molecule has 0 aliphatic carbocycles. The topological polar surface area (TPSA) is 57.6 Å². The first kappa shape index (κ1) is 15.8. The highest BCUT2D eigenvalue weighted by Crippen LogP contribution is 2.30. The maximum Gasteiger partial charge on any atom is 0.311 e. The van der Waals surface area contributed by atoms with E-state index in [-0.39, 0.29) is 18.3 Å². The van der Waals surface area contributed by atoms with Crippen molar-refractivity contribution in [2.24, 2.45) is 5.41 Å². The number of benzene rings is 1. The van der Waals surface area contributed by atoms with Gasteiger partial charge in [0.1, 0.15) is 5.82 Å². The van der Waals surface area contributed by atoms with Gasteiger partial charge in [-0.05, 0) is 31.0 Å². The highest BCUT2D eigenvalue weighted by Gasteiger charge is 2.41. The third-order valence-corrected chi connectivity index (χ3v) is 4.74. The summed E-state index contributed by atoms with van der Waals surface area (Å²) >= 11 is 1.45. The molecular weight excluding hydrogens is 293 g/mol. The second-order valence-corrected chi connectivity index (χ2v) is 6.54. The van der Waals surface area contributed by atoms with E-state index in [1.54, 1.807) is 24.0 Å². The van der Waals surface area contributed by atoms with Crippen LogP contribution in [0.4, 0.5) is 4.39 Å². The lowest BCUT2D eigenvalue weighted by atomic mass is 9.90. The third kappa shape index (κ3) is 3.97. The van der Waals surface area contributed by atoms with E-state index in [1.807, 2.05) is 0 Å². The van der Waals surface area contributed by atoms with Crippen LogP contribution in [-0.4, -0.2) is 40.7 Å². The molecule has 1 fully saturated rings. The van der Waals surface area contributed by atoms with E-state index >= 15 is 0 Å². The lowest BCUT2D eigenvalue weighted by Crippen LogP contribution is -2.35. The molecule has 1 aromatic rings. The minimum Gasteiger partial charge on any atom is -0.481 e. The molecule has 0 saturated carbocycles. The highest BCUT2D eigenvalue weighted by atomic mass is 32.2. The van der Waals surface area contributed by atoms with Gasteiger partial charge in [-0.2, -0.15) is 0 Å². The Bertz CT molecular complexity index is 534. The number of hydrogen-bond donors (Lipinski definition) is 1. The quantitative estimate of drug-likeness (QED) is 0.907. The molecule has 1 aliphatic heterocycles. The highest BCUT2D eigenvalue weighted by molar-refractivity contribution is 7.99. The number of halogens is 1. The van der Waals surface area contributed by atoms with Crippen LogP contribution < -0.4 is 0 Å². The molecule has 0 bridgehead atoms. The number of carboxylic acids is 1. The van der Waals surface area contributed by atoms with E-state index in [4.69, 9.17) is 5.11 Å². The van der Waals surface area contributed by atoms with Gasteiger partial charge >= 0.3 is 5.97 Å². The second-order valence-electron chi connectivity index (χ2n) is 5.55. The van der Waals surface area contributed by atoms with Crippen molar-refractivity contribution < 1.29 is 19.1 Å². The Labute approximate surface area is 127 Å². The summed E-state index contributed by atoms with van der Waals surface area (Å²) < 4.78 is 12.8. The number of nitrogens with zero attached hydrogens (tertiary/aromatic N) is 1. The van der Waals surface area contributed by atoms with Crippen LogP contribution >= 0.6 is 11.8 Å². The molecule has 0 radical (unpaired) electrons. The average Bonchev–Trinajstić information content (AvgIpc) is 2.85. The van der Waals surface area contributed by atoms with Gasteiger partial charge in [0.15, 0.2) is 0 Å². The minimum absolute atomic E-state index is 0.0351. The Hall–Kier alpha value is -1.56. The SMILES string of the molecule is CC1(C(=O)O)CCN(C(=O)CSCc2ccc(F)cc2)C1. The van der Waals surface area contributed by atoms with Crippen molar-refractivity contribution in [1.82, 2.24) is 4.90 Å². The van der Waals surface area contributed by atoms with Crippen LogP contribution in [0.3, 0.4) is 0 Å². The van der Waals surface area contributed by atoms with Gasteiger partial charge in [-0.25, -0.2) is 4.39 Å². The first-order chi connectivity index (χ1) is 9.90. The number of aliphatic carboxylic acids is 1. The second kappa shape index (κ2) is 6.47. The summed E-state index contributed by atoms with van der Waals surface area (Å²) in [4.78, 5) is 24.8. The van der Waals surface area contributed by atoms with Crippen LogP contribution in [0.2, 0.25) is 0 Å². The third-order valence-electron chi connectivity index (χ3n) is 3.75. The van der Waals surface area contributed by atoms with Crippen LogP contribution in [0.5, 0.6) is 0 Å². The van der Waals surface area contributed by atoms with Crippen molar-refractivity contribution in [2.45, 2.75) is 19.1 Å². The Morgan fingerprint density at radius 1 is 1.38 bits per heavy atom. The molecule has 2 rings (SSSR count). The number of amides is 1. The van der Waals surface area contributed by atoms with Crippen molar-refractivity contribution in [3.8, 4) is 0 Å². The van der Waals surface area contributed by atoms with Gasteiger partial charge in [-0.15, -0.1) is 11.8 Å². The normalized spacial score (nSPS) is 21.5. The number of thioether (sulfide) groups is 1. The van der Waals surface area contributed by atoms with Crippen LogP contribution in [0, 0.1) is 11.2 Å².